The van der Waals surface area contributed by atoms with E-state index < -0.39 is 11.5 Å². The molecular weight excluding hydrogens is 368 g/mol. The van der Waals surface area contributed by atoms with E-state index in [2.05, 4.69) is 10.3 Å². The first kappa shape index (κ1) is 19.2. The molecule has 0 aliphatic heterocycles. The number of aliphatic carboxylic acids is 1. The van der Waals surface area contributed by atoms with Gasteiger partial charge in [-0.25, -0.2) is 9.78 Å². The molecule has 1 fully saturated rings. The summed E-state index contributed by atoms with van der Waals surface area (Å²) in [4.78, 5) is 29.3. The van der Waals surface area contributed by atoms with Crippen molar-refractivity contribution in [1.82, 2.24) is 10.3 Å². The van der Waals surface area contributed by atoms with Crippen molar-refractivity contribution in [1.29, 1.82) is 0 Å². The number of thiazole rings is 1. The second kappa shape index (κ2) is 7.56. The van der Waals surface area contributed by atoms with Gasteiger partial charge in [0, 0.05) is 5.56 Å². The van der Waals surface area contributed by atoms with Gasteiger partial charge in [0.2, 0.25) is 0 Å². The molecule has 0 saturated heterocycles. The Bertz CT molecular complexity index is 871. The largest absolute Gasteiger partial charge is 0.493 e. The van der Waals surface area contributed by atoms with Crippen LogP contribution in [-0.2, 0) is 4.79 Å². The Kier molecular flexibility index (Phi) is 5.36. The number of aromatic nitrogens is 1. The van der Waals surface area contributed by atoms with Crippen molar-refractivity contribution in [3.8, 4) is 22.1 Å². The smallest absolute Gasteiger partial charge is 0.329 e. The molecule has 0 atom stereocenters. The summed E-state index contributed by atoms with van der Waals surface area (Å²) in [6.07, 6.45) is 2.50. The summed E-state index contributed by atoms with van der Waals surface area (Å²) >= 11 is 1.23. The molecule has 27 heavy (non-hydrogen) atoms. The van der Waals surface area contributed by atoms with Crippen LogP contribution >= 0.6 is 11.3 Å². The number of hydrogen-bond donors (Lipinski definition) is 2. The maximum Gasteiger partial charge on any atom is 0.329 e. The maximum absolute atomic E-state index is 12.8. The quantitative estimate of drug-likeness (QED) is 0.786. The number of nitrogens with zero attached hydrogens (tertiary/aromatic N) is 1. The number of amides is 1. The average molecular weight is 390 g/mol. The Morgan fingerprint density at radius 2 is 1.85 bits per heavy atom. The maximum atomic E-state index is 12.8. The van der Waals surface area contributed by atoms with Gasteiger partial charge in [0.25, 0.3) is 5.91 Å². The van der Waals surface area contributed by atoms with Crippen molar-refractivity contribution in [3.05, 3.63) is 28.8 Å². The first-order valence-corrected chi connectivity index (χ1v) is 9.47. The van der Waals surface area contributed by atoms with Gasteiger partial charge >= 0.3 is 5.97 Å². The molecule has 1 aromatic heterocycles. The second-order valence-electron chi connectivity index (χ2n) is 6.55. The number of hydrogen-bond acceptors (Lipinski definition) is 6. The Hall–Kier alpha value is -2.61. The highest BCUT2D eigenvalue weighted by molar-refractivity contribution is 7.17. The highest BCUT2D eigenvalue weighted by Gasteiger charge is 2.43. The predicted molar refractivity (Wildman–Crippen MR) is 102 cm³/mol. The summed E-state index contributed by atoms with van der Waals surface area (Å²) < 4.78 is 10.6. The Morgan fingerprint density at radius 1 is 1.19 bits per heavy atom. The molecule has 2 N–H and O–H groups in total. The highest BCUT2D eigenvalue weighted by Crippen LogP contribution is 2.36. The monoisotopic (exact) mass is 390 g/mol. The fourth-order valence-corrected chi connectivity index (χ4v) is 4.30. The van der Waals surface area contributed by atoms with Gasteiger partial charge in [0.1, 0.15) is 15.4 Å². The van der Waals surface area contributed by atoms with E-state index >= 15 is 0 Å². The number of carbonyl (C=O) groups excluding carboxylic acids is 1. The Labute approximate surface area is 161 Å². The van der Waals surface area contributed by atoms with E-state index in [0.29, 0.717) is 39.9 Å². The molecule has 0 bridgehead atoms. The normalized spacial score (nSPS) is 15.4. The third-order valence-corrected chi connectivity index (χ3v) is 6.06. The molecule has 1 amide bonds. The molecule has 1 saturated carbocycles. The average Bonchev–Trinajstić information content (AvgIpc) is 3.28. The molecule has 1 heterocycles. The van der Waals surface area contributed by atoms with E-state index in [-0.39, 0.29) is 5.91 Å². The Balaban J connectivity index is 1.88. The third kappa shape index (κ3) is 3.62. The van der Waals surface area contributed by atoms with Gasteiger partial charge in [0.05, 0.1) is 19.9 Å². The molecule has 3 rings (SSSR count). The van der Waals surface area contributed by atoms with Crippen LogP contribution in [0.1, 0.15) is 41.0 Å². The molecule has 7 nitrogen and oxygen atoms in total. The first-order chi connectivity index (χ1) is 12.9. The van der Waals surface area contributed by atoms with Gasteiger partial charge in [-0.15, -0.1) is 11.3 Å². The van der Waals surface area contributed by atoms with Gasteiger partial charge in [-0.05, 0) is 38.0 Å². The minimum atomic E-state index is -1.17. The molecule has 0 spiro atoms. The lowest BCUT2D eigenvalue weighted by Gasteiger charge is -2.24. The van der Waals surface area contributed by atoms with Crippen LogP contribution in [0.3, 0.4) is 0 Å². The number of nitrogens with one attached hydrogen (secondary N) is 1. The topological polar surface area (TPSA) is 97.8 Å². The molecule has 2 aromatic rings. The number of carboxylic acids is 1. The molecule has 1 aliphatic carbocycles. The zero-order chi connectivity index (χ0) is 19.6. The van der Waals surface area contributed by atoms with Crippen molar-refractivity contribution >= 4 is 23.2 Å². The number of methoxy groups -OCH3 is 2. The molecule has 8 heteroatoms. The number of carboxylic acid groups (broad SMARTS) is 1. The number of ether oxygens (including phenoxy) is 2. The van der Waals surface area contributed by atoms with Crippen molar-refractivity contribution in [3.63, 3.8) is 0 Å². The first-order valence-electron chi connectivity index (χ1n) is 8.66. The van der Waals surface area contributed by atoms with E-state index in [1.165, 1.54) is 11.3 Å². The number of carbonyl (C=O) groups is 2. The fraction of sp³-hybridized carbons (Fsp3) is 0.421. The van der Waals surface area contributed by atoms with Gasteiger partial charge in [-0.3, -0.25) is 4.79 Å². The van der Waals surface area contributed by atoms with Crippen LogP contribution in [0.15, 0.2) is 18.2 Å². The van der Waals surface area contributed by atoms with Crippen molar-refractivity contribution < 1.29 is 24.2 Å². The molecule has 1 aliphatic rings. The van der Waals surface area contributed by atoms with Gasteiger partial charge in [-0.1, -0.05) is 12.8 Å². The third-order valence-electron chi connectivity index (χ3n) is 4.85. The number of aryl methyl sites for hydroxylation is 1. The molecule has 0 radical (unpaired) electrons. The Morgan fingerprint density at radius 3 is 2.44 bits per heavy atom. The lowest BCUT2D eigenvalue weighted by Crippen LogP contribution is -2.52. The highest BCUT2D eigenvalue weighted by atomic mass is 32.1. The van der Waals surface area contributed by atoms with Crippen LogP contribution in [0.5, 0.6) is 11.5 Å². The van der Waals surface area contributed by atoms with Crippen molar-refractivity contribution in [2.45, 2.75) is 38.1 Å². The molecule has 0 unspecified atom stereocenters. The number of benzene rings is 1. The van der Waals surface area contributed by atoms with E-state index in [0.717, 1.165) is 18.4 Å². The zero-order valence-electron chi connectivity index (χ0n) is 15.5. The van der Waals surface area contributed by atoms with Crippen LogP contribution in [0, 0.1) is 6.92 Å². The summed E-state index contributed by atoms with van der Waals surface area (Å²) in [7, 11) is 3.12. The summed E-state index contributed by atoms with van der Waals surface area (Å²) in [5.74, 6) is -0.182. The van der Waals surface area contributed by atoms with Crippen LogP contribution in [0.4, 0.5) is 0 Å². The summed E-state index contributed by atoms with van der Waals surface area (Å²) in [6, 6.07) is 5.42. The van der Waals surface area contributed by atoms with Gasteiger partial charge in [-0.2, -0.15) is 0 Å². The minimum absolute atomic E-state index is 0.388. The van der Waals surface area contributed by atoms with E-state index in [1.807, 2.05) is 6.07 Å². The molecule has 144 valence electrons. The second-order valence-corrected chi connectivity index (χ2v) is 7.55. The summed E-state index contributed by atoms with van der Waals surface area (Å²) in [5, 5.41) is 13.0. The van der Waals surface area contributed by atoms with Crippen molar-refractivity contribution in [2.24, 2.45) is 0 Å². The van der Waals surface area contributed by atoms with E-state index in [1.54, 1.807) is 33.3 Å². The fourth-order valence-electron chi connectivity index (χ4n) is 3.34. The molecular formula is C19H22N2O5S. The van der Waals surface area contributed by atoms with Crippen LogP contribution < -0.4 is 14.8 Å². The summed E-state index contributed by atoms with van der Waals surface area (Å²) in [6.45, 7) is 1.75. The lowest BCUT2D eigenvalue weighted by molar-refractivity contribution is -0.144. The summed E-state index contributed by atoms with van der Waals surface area (Å²) in [5.41, 5.74) is 0.200. The van der Waals surface area contributed by atoms with E-state index in [4.69, 9.17) is 9.47 Å². The SMILES string of the molecule is COc1ccc(-c2nc(C)c(C(=O)NC3(C(=O)O)CCCC3)s2)cc1OC. The molecule has 1 aromatic carbocycles. The standard InChI is InChI=1S/C19H22N2O5S/c1-11-15(16(22)21-19(18(23)24)8-4-5-9-19)27-17(20-11)12-6-7-13(25-2)14(10-12)26-3/h6-7,10H,4-5,8-9H2,1-3H3,(H,21,22)(H,23,24). The van der Waals surface area contributed by atoms with Gasteiger partial charge in [0.15, 0.2) is 11.5 Å². The van der Waals surface area contributed by atoms with Crippen molar-refractivity contribution in [2.75, 3.05) is 14.2 Å². The number of rotatable bonds is 6. The zero-order valence-corrected chi connectivity index (χ0v) is 16.3. The van der Waals surface area contributed by atoms with Gasteiger partial charge < -0.3 is 19.9 Å². The predicted octanol–water partition coefficient (Wildman–Crippen LogP) is 3.26. The minimum Gasteiger partial charge on any atom is -0.493 e. The van der Waals surface area contributed by atoms with Crippen LogP contribution in [-0.4, -0.2) is 41.7 Å². The van der Waals surface area contributed by atoms with Crippen LogP contribution in [0.25, 0.3) is 10.6 Å². The van der Waals surface area contributed by atoms with E-state index in [9.17, 15) is 14.7 Å². The van der Waals surface area contributed by atoms with Crippen LogP contribution in [0.2, 0.25) is 0 Å². The lowest BCUT2D eigenvalue weighted by atomic mass is 9.98.